The van der Waals surface area contributed by atoms with Gasteiger partial charge < -0.3 is 10.0 Å². The van der Waals surface area contributed by atoms with E-state index in [4.69, 9.17) is 0 Å². The quantitative estimate of drug-likeness (QED) is 0.922. The molecule has 3 nitrogen and oxygen atoms in total. The third kappa shape index (κ3) is 3.41. The van der Waals surface area contributed by atoms with Crippen LogP contribution in [-0.2, 0) is 6.42 Å². The Morgan fingerprint density at radius 2 is 2.05 bits per heavy atom. The van der Waals surface area contributed by atoms with E-state index in [9.17, 15) is 5.11 Å². The molecule has 21 heavy (non-hydrogen) atoms. The van der Waals surface area contributed by atoms with E-state index in [0.717, 1.165) is 19.6 Å². The van der Waals surface area contributed by atoms with Gasteiger partial charge in [0.2, 0.25) is 0 Å². The summed E-state index contributed by atoms with van der Waals surface area (Å²) in [5.74, 6) is 0.481. The van der Waals surface area contributed by atoms with E-state index in [2.05, 4.69) is 41.0 Å². The largest absolute Gasteiger partial charge is 0.396 e. The minimum Gasteiger partial charge on any atom is -0.396 e. The second-order valence-electron chi connectivity index (χ2n) is 6.69. The zero-order chi connectivity index (χ0) is 14.7. The van der Waals surface area contributed by atoms with Crippen LogP contribution in [0.5, 0.6) is 0 Å². The Hall–Kier alpha value is -1.06. The van der Waals surface area contributed by atoms with E-state index in [1.807, 2.05) is 0 Å². The Kier molecular flexibility index (Phi) is 4.81. The molecule has 0 aliphatic carbocycles. The average molecular weight is 288 g/mol. The van der Waals surface area contributed by atoms with Crippen LogP contribution in [0.4, 0.5) is 5.69 Å². The van der Waals surface area contributed by atoms with Gasteiger partial charge in [-0.05, 0) is 50.2 Å². The molecular weight excluding hydrogens is 260 g/mol. The number of aryl methyl sites for hydroxylation is 1. The first-order valence-corrected chi connectivity index (χ1v) is 8.45. The molecule has 0 aromatic heterocycles. The first kappa shape index (κ1) is 14.9. The fraction of sp³-hybridized carbons (Fsp3) is 0.667. The van der Waals surface area contributed by atoms with Crippen molar-refractivity contribution in [2.24, 2.45) is 5.92 Å². The number of hydrogen-bond donors (Lipinski definition) is 1. The van der Waals surface area contributed by atoms with E-state index in [-0.39, 0.29) is 0 Å². The molecule has 0 amide bonds. The van der Waals surface area contributed by atoms with Gasteiger partial charge in [-0.1, -0.05) is 18.2 Å². The zero-order valence-corrected chi connectivity index (χ0v) is 13.2. The van der Waals surface area contributed by atoms with Gasteiger partial charge in [-0.15, -0.1) is 0 Å². The molecule has 0 radical (unpaired) electrons. The van der Waals surface area contributed by atoms with E-state index in [1.165, 1.54) is 43.5 Å². The zero-order valence-electron chi connectivity index (χ0n) is 13.2. The fourth-order valence-corrected chi connectivity index (χ4v) is 3.82. The van der Waals surface area contributed by atoms with Gasteiger partial charge in [0.1, 0.15) is 0 Å². The lowest BCUT2D eigenvalue weighted by Crippen LogP contribution is -2.46. The maximum atomic E-state index is 9.41. The van der Waals surface area contributed by atoms with Crippen LogP contribution in [-0.4, -0.2) is 48.8 Å². The van der Waals surface area contributed by atoms with Gasteiger partial charge in [0.05, 0.1) is 0 Å². The Balaban J connectivity index is 1.60. The Bertz CT molecular complexity index is 462. The lowest BCUT2D eigenvalue weighted by atomic mass is 9.94. The Morgan fingerprint density at radius 3 is 2.90 bits per heavy atom. The molecule has 3 rings (SSSR count). The third-order valence-corrected chi connectivity index (χ3v) is 5.23. The topological polar surface area (TPSA) is 26.7 Å². The molecule has 1 aromatic carbocycles. The molecule has 2 heterocycles. The molecule has 1 saturated heterocycles. The standard InChI is InChI=1S/C18H28N2O/c1-15-8-9-16(14-21)13-20(15)12-11-19-10-4-6-17-5-2-3-7-18(17)19/h2-3,5,7,15-16,21H,4,6,8-14H2,1H3. The van der Waals surface area contributed by atoms with E-state index in [1.54, 1.807) is 0 Å². The molecule has 0 saturated carbocycles. The van der Waals surface area contributed by atoms with Crippen LogP contribution < -0.4 is 4.90 Å². The maximum Gasteiger partial charge on any atom is 0.0471 e. The number of rotatable bonds is 4. The lowest BCUT2D eigenvalue weighted by molar-refractivity contribution is 0.0849. The molecule has 1 N–H and O–H groups in total. The van der Waals surface area contributed by atoms with Gasteiger partial charge in [0.25, 0.3) is 0 Å². The summed E-state index contributed by atoms with van der Waals surface area (Å²) in [6.07, 6.45) is 4.90. The molecule has 3 heteroatoms. The van der Waals surface area contributed by atoms with Crippen LogP contribution in [0.25, 0.3) is 0 Å². The highest BCUT2D eigenvalue weighted by molar-refractivity contribution is 5.55. The first-order valence-electron chi connectivity index (χ1n) is 8.45. The summed E-state index contributed by atoms with van der Waals surface area (Å²) in [4.78, 5) is 5.12. The second-order valence-corrected chi connectivity index (χ2v) is 6.69. The van der Waals surface area contributed by atoms with Gasteiger partial charge >= 0.3 is 0 Å². The molecule has 2 unspecified atom stereocenters. The van der Waals surface area contributed by atoms with Crippen LogP contribution in [0.2, 0.25) is 0 Å². The van der Waals surface area contributed by atoms with Crippen molar-refractivity contribution in [1.29, 1.82) is 0 Å². The number of piperidine rings is 1. The second kappa shape index (κ2) is 6.80. The highest BCUT2D eigenvalue weighted by Gasteiger charge is 2.25. The van der Waals surface area contributed by atoms with E-state index >= 15 is 0 Å². The summed E-state index contributed by atoms with van der Waals surface area (Å²) in [6.45, 7) is 7.15. The van der Waals surface area contributed by atoms with Crippen LogP contribution in [0.15, 0.2) is 24.3 Å². The van der Waals surface area contributed by atoms with Gasteiger partial charge in [-0.2, -0.15) is 0 Å². The normalized spacial score (nSPS) is 26.7. The molecule has 0 spiro atoms. The fourth-order valence-electron chi connectivity index (χ4n) is 3.82. The molecule has 2 aliphatic heterocycles. The van der Waals surface area contributed by atoms with Gasteiger partial charge in [-0.3, -0.25) is 4.90 Å². The number of benzene rings is 1. The smallest absolute Gasteiger partial charge is 0.0471 e. The lowest BCUT2D eigenvalue weighted by Gasteiger charge is -2.39. The van der Waals surface area contributed by atoms with E-state index < -0.39 is 0 Å². The number of para-hydroxylation sites is 1. The summed E-state index contributed by atoms with van der Waals surface area (Å²) < 4.78 is 0. The number of hydrogen-bond acceptors (Lipinski definition) is 3. The minimum absolute atomic E-state index is 0.343. The average Bonchev–Trinajstić information content (AvgIpc) is 2.54. The number of nitrogens with zero attached hydrogens (tertiary/aromatic N) is 2. The molecular formula is C18H28N2O. The van der Waals surface area contributed by atoms with Crippen molar-refractivity contribution in [3.05, 3.63) is 29.8 Å². The molecule has 1 aromatic rings. The first-order chi connectivity index (χ1) is 10.3. The number of aliphatic hydroxyl groups excluding tert-OH is 1. The van der Waals surface area contributed by atoms with Crippen molar-refractivity contribution in [3.8, 4) is 0 Å². The number of fused-ring (bicyclic) bond motifs is 1. The van der Waals surface area contributed by atoms with Crippen molar-refractivity contribution in [3.63, 3.8) is 0 Å². The van der Waals surface area contributed by atoms with E-state index in [0.29, 0.717) is 18.6 Å². The van der Waals surface area contributed by atoms with Crippen molar-refractivity contribution in [1.82, 2.24) is 4.90 Å². The molecule has 2 aliphatic rings. The summed E-state index contributed by atoms with van der Waals surface area (Å²) in [6, 6.07) is 9.51. The summed E-state index contributed by atoms with van der Waals surface area (Å²) in [7, 11) is 0. The van der Waals surface area contributed by atoms with Crippen LogP contribution in [0.3, 0.4) is 0 Å². The van der Waals surface area contributed by atoms with Crippen molar-refractivity contribution >= 4 is 5.69 Å². The van der Waals surface area contributed by atoms with Gasteiger partial charge in [0.15, 0.2) is 0 Å². The summed E-state index contributed by atoms with van der Waals surface area (Å²) in [5, 5.41) is 9.41. The summed E-state index contributed by atoms with van der Waals surface area (Å²) in [5.41, 5.74) is 2.94. The third-order valence-electron chi connectivity index (χ3n) is 5.23. The molecule has 1 fully saturated rings. The maximum absolute atomic E-state index is 9.41. The Labute approximate surface area is 128 Å². The molecule has 2 atom stereocenters. The number of anilines is 1. The highest BCUT2D eigenvalue weighted by Crippen LogP contribution is 2.27. The van der Waals surface area contributed by atoms with Crippen LogP contribution >= 0.6 is 0 Å². The van der Waals surface area contributed by atoms with Gasteiger partial charge in [-0.25, -0.2) is 0 Å². The van der Waals surface area contributed by atoms with Crippen LogP contribution in [0, 0.1) is 5.92 Å². The van der Waals surface area contributed by atoms with Crippen LogP contribution in [0.1, 0.15) is 31.7 Å². The summed E-state index contributed by atoms with van der Waals surface area (Å²) >= 11 is 0. The van der Waals surface area contributed by atoms with Crippen molar-refractivity contribution in [2.75, 3.05) is 37.7 Å². The molecule has 0 bridgehead atoms. The number of aliphatic hydroxyl groups is 1. The van der Waals surface area contributed by atoms with Crippen molar-refractivity contribution < 1.29 is 5.11 Å². The SMILES string of the molecule is CC1CCC(CO)CN1CCN1CCCc2ccccc21. The number of likely N-dealkylation sites (tertiary alicyclic amines) is 1. The predicted octanol–water partition coefficient (Wildman–Crippen LogP) is 2.53. The highest BCUT2D eigenvalue weighted by atomic mass is 16.3. The van der Waals surface area contributed by atoms with Crippen molar-refractivity contribution in [2.45, 2.75) is 38.6 Å². The minimum atomic E-state index is 0.343. The Morgan fingerprint density at radius 1 is 1.19 bits per heavy atom. The monoisotopic (exact) mass is 288 g/mol. The van der Waals surface area contributed by atoms with Gasteiger partial charge in [0, 0.05) is 44.5 Å². The predicted molar refractivity (Wildman–Crippen MR) is 87.8 cm³/mol. The molecule has 116 valence electrons.